The summed E-state index contributed by atoms with van der Waals surface area (Å²) in [5.41, 5.74) is 1.30. The first-order valence-electron chi connectivity index (χ1n) is 6.09. The second-order valence-electron chi connectivity index (χ2n) is 4.23. The molecule has 0 atom stereocenters. The molecule has 0 amide bonds. The third-order valence-corrected chi connectivity index (χ3v) is 3.47. The highest BCUT2D eigenvalue weighted by atomic mass is 79.9. The number of ether oxygens (including phenoxy) is 1. The standard InChI is InChI=1S/C14H16BrNO2/c15-12-5-1-2-6-13(12)18-14(17)8-7-11-4-3-9-16-10-11/h1-2,4-6,16H,3,7-10H2. The molecule has 1 N–H and O–H groups in total. The topological polar surface area (TPSA) is 38.3 Å². The van der Waals surface area contributed by atoms with Crippen LogP contribution in [0.4, 0.5) is 0 Å². The zero-order valence-electron chi connectivity index (χ0n) is 10.1. The van der Waals surface area contributed by atoms with Gasteiger partial charge in [-0.3, -0.25) is 4.79 Å². The van der Waals surface area contributed by atoms with Crippen LogP contribution >= 0.6 is 15.9 Å². The summed E-state index contributed by atoms with van der Waals surface area (Å²) in [6, 6.07) is 7.38. The van der Waals surface area contributed by atoms with Gasteiger partial charge in [0.05, 0.1) is 4.47 Å². The van der Waals surface area contributed by atoms with E-state index >= 15 is 0 Å². The summed E-state index contributed by atoms with van der Waals surface area (Å²) in [6.45, 7) is 1.92. The van der Waals surface area contributed by atoms with Crippen molar-refractivity contribution in [3.63, 3.8) is 0 Å². The molecule has 4 heteroatoms. The Bertz CT molecular complexity index is 457. The Morgan fingerprint density at radius 1 is 1.39 bits per heavy atom. The van der Waals surface area contributed by atoms with Crippen molar-refractivity contribution in [2.24, 2.45) is 0 Å². The van der Waals surface area contributed by atoms with Crippen LogP contribution < -0.4 is 10.1 Å². The third-order valence-electron chi connectivity index (χ3n) is 2.82. The number of carbonyl (C=O) groups is 1. The van der Waals surface area contributed by atoms with Crippen LogP contribution in [0.15, 0.2) is 40.4 Å². The maximum absolute atomic E-state index is 11.7. The number of hydrogen-bond acceptors (Lipinski definition) is 3. The van der Waals surface area contributed by atoms with Crippen molar-refractivity contribution in [1.29, 1.82) is 0 Å². The maximum Gasteiger partial charge on any atom is 0.311 e. The van der Waals surface area contributed by atoms with Crippen LogP contribution in [-0.4, -0.2) is 19.1 Å². The molecular formula is C14H16BrNO2. The Labute approximate surface area is 115 Å². The van der Waals surface area contributed by atoms with E-state index in [-0.39, 0.29) is 5.97 Å². The van der Waals surface area contributed by atoms with Crippen molar-refractivity contribution < 1.29 is 9.53 Å². The number of para-hydroxylation sites is 1. The van der Waals surface area contributed by atoms with Crippen LogP contribution in [0.2, 0.25) is 0 Å². The molecule has 0 spiro atoms. The molecule has 1 aliphatic heterocycles. The SMILES string of the molecule is O=C(CCC1=CCCNC1)Oc1ccccc1Br. The molecule has 2 rings (SSSR count). The summed E-state index contributed by atoms with van der Waals surface area (Å²) >= 11 is 3.35. The summed E-state index contributed by atoms with van der Waals surface area (Å²) in [5, 5.41) is 3.29. The Morgan fingerprint density at radius 3 is 2.94 bits per heavy atom. The van der Waals surface area contributed by atoms with Crippen LogP contribution in [0.1, 0.15) is 19.3 Å². The van der Waals surface area contributed by atoms with Crippen LogP contribution in [0, 0.1) is 0 Å². The predicted octanol–water partition coefficient (Wildman–Crippen LogP) is 3.05. The van der Waals surface area contributed by atoms with Crippen molar-refractivity contribution in [2.45, 2.75) is 19.3 Å². The largest absolute Gasteiger partial charge is 0.425 e. The van der Waals surface area contributed by atoms with Gasteiger partial charge in [-0.25, -0.2) is 0 Å². The highest BCUT2D eigenvalue weighted by molar-refractivity contribution is 9.10. The van der Waals surface area contributed by atoms with E-state index in [2.05, 4.69) is 27.3 Å². The molecule has 1 aliphatic rings. The minimum absolute atomic E-state index is 0.187. The number of carbonyl (C=O) groups excluding carboxylic acids is 1. The van der Waals surface area contributed by atoms with E-state index in [1.54, 1.807) is 6.07 Å². The average molecular weight is 310 g/mol. The first kappa shape index (κ1) is 13.3. The molecule has 0 radical (unpaired) electrons. The van der Waals surface area contributed by atoms with Crippen LogP contribution in [0.3, 0.4) is 0 Å². The van der Waals surface area contributed by atoms with Gasteiger partial charge in [0.25, 0.3) is 0 Å². The van der Waals surface area contributed by atoms with E-state index in [0.717, 1.165) is 30.4 Å². The third kappa shape index (κ3) is 3.96. The molecule has 0 aromatic heterocycles. The Kier molecular flexibility index (Phi) is 4.96. The number of nitrogens with one attached hydrogen (secondary N) is 1. The van der Waals surface area contributed by atoms with Crippen LogP contribution in [0.5, 0.6) is 5.75 Å². The van der Waals surface area contributed by atoms with Gasteiger partial charge in [0.2, 0.25) is 0 Å². The summed E-state index contributed by atoms with van der Waals surface area (Å²) in [5.74, 6) is 0.395. The van der Waals surface area contributed by atoms with E-state index in [9.17, 15) is 4.79 Å². The van der Waals surface area contributed by atoms with Crippen molar-refractivity contribution in [2.75, 3.05) is 13.1 Å². The van der Waals surface area contributed by atoms with Crippen LogP contribution in [-0.2, 0) is 4.79 Å². The first-order chi connectivity index (χ1) is 8.75. The van der Waals surface area contributed by atoms with Gasteiger partial charge in [0.1, 0.15) is 5.75 Å². The quantitative estimate of drug-likeness (QED) is 0.528. The monoisotopic (exact) mass is 309 g/mol. The fourth-order valence-electron chi connectivity index (χ4n) is 1.85. The van der Waals surface area contributed by atoms with E-state index in [1.807, 2.05) is 18.2 Å². The fraction of sp³-hybridized carbons (Fsp3) is 0.357. The average Bonchev–Trinajstić information content (AvgIpc) is 2.40. The van der Waals surface area contributed by atoms with E-state index in [1.165, 1.54) is 5.57 Å². The Morgan fingerprint density at radius 2 is 2.22 bits per heavy atom. The zero-order chi connectivity index (χ0) is 12.8. The summed E-state index contributed by atoms with van der Waals surface area (Å²) in [6.07, 6.45) is 4.46. The molecule has 1 aromatic rings. The number of esters is 1. The molecule has 3 nitrogen and oxygen atoms in total. The minimum atomic E-state index is -0.187. The molecule has 18 heavy (non-hydrogen) atoms. The highest BCUT2D eigenvalue weighted by Gasteiger charge is 2.10. The number of benzene rings is 1. The molecule has 1 aromatic carbocycles. The van der Waals surface area contributed by atoms with Gasteiger partial charge in [0.15, 0.2) is 0 Å². The lowest BCUT2D eigenvalue weighted by atomic mass is 10.1. The van der Waals surface area contributed by atoms with Crippen molar-refractivity contribution in [3.8, 4) is 5.75 Å². The van der Waals surface area contributed by atoms with Gasteiger partial charge < -0.3 is 10.1 Å². The van der Waals surface area contributed by atoms with Gasteiger partial charge in [-0.2, -0.15) is 0 Å². The lowest BCUT2D eigenvalue weighted by molar-refractivity contribution is -0.134. The van der Waals surface area contributed by atoms with E-state index in [4.69, 9.17) is 4.74 Å². The van der Waals surface area contributed by atoms with E-state index in [0.29, 0.717) is 12.2 Å². The molecule has 0 saturated carbocycles. The smallest absolute Gasteiger partial charge is 0.311 e. The Balaban J connectivity index is 1.82. The summed E-state index contributed by atoms with van der Waals surface area (Å²) in [7, 11) is 0. The van der Waals surface area contributed by atoms with Crippen molar-refractivity contribution in [1.82, 2.24) is 5.32 Å². The summed E-state index contributed by atoms with van der Waals surface area (Å²) in [4.78, 5) is 11.7. The molecule has 1 heterocycles. The normalized spacial score (nSPS) is 15.1. The lowest BCUT2D eigenvalue weighted by Gasteiger charge is -2.13. The van der Waals surface area contributed by atoms with Gasteiger partial charge in [0, 0.05) is 13.0 Å². The van der Waals surface area contributed by atoms with Crippen molar-refractivity contribution in [3.05, 3.63) is 40.4 Å². The fourth-order valence-corrected chi connectivity index (χ4v) is 2.22. The Hall–Kier alpha value is -1.13. The number of halogens is 1. The second-order valence-corrected chi connectivity index (χ2v) is 5.09. The molecule has 0 fully saturated rings. The summed E-state index contributed by atoms with van der Waals surface area (Å²) < 4.78 is 6.11. The molecule has 0 aliphatic carbocycles. The minimum Gasteiger partial charge on any atom is -0.425 e. The molecular weight excluding hydrogens is 294 g/mol. The number of hydrogen-bond donors (Lipinski definition) is 1. The first-order valence-corrected chi connectivity index (χ1v) is 6.89. The predicted molar refractivity (Wildman–Crippen MR) is 74.6 cm³/mol. The lowest BCUT2D eigenvalue weighted by Crippen LogP contribution is -2.22. The second kappa shape index (κ2) is 6.71. The maximum atomic E-state index is 11.7. The molecule has 0 bridgehead atoms. The zero-order valence-corrected chi connectivity index (χ0v) is 11.7. The van der Waals surface area contributed by atoms with E-state index < -0.39 is 0 Å². The molecule has 0 unspecified atom stereocenters. The van der Waals surface area contributed by atoms with Crippen molar-refractivity contribution >= 4 is 21.9 Å². The van der Waals surface area contributed by atoms with Crippen LogP contribution in [0.25, 0.3) is 0 Å². The highest BCUT2D eigenvalue weighted by Crippen LogP contribution is 2.24. The molecule has 0 saturated heterocycles. The van der Waals surface area contributed by atoms with Gasteiger partial charge in [-0.15, -0.1) is 0 Å². The van der Waals surface area contributed by atoms with Gasteiger partial charge in [-0.05, 0) is 47.4 Å². The number of rotatable bonds is 4. The molecule has 96 valence electrons. The van der Waals surface area contributed by atoms with Gasteiger partial charge in [-0.1, -0.05) is 23.8 Å². The van der Waals surface area contributed by atoms with Gasteiger partial charge >= 0.3 is 5.97 Å².